The first-order valence-electron chi connectivity index (χ1n) is 5.41. The molecule has 3 nitrogen and oxygen atoms in total. The van der Waals surface area contributed by atoms with Gasteiger partial charge in [0.1, 0.15) is 5.69 Å². The number of carbonyl (C=O) groups is 1. The van der Waals surface area contributed by atoms with Crippen LogP contribution in [0.1, 0.15) is 25.9 Å². The zero-order chi connectivity index (χ0) is 13.9. The van der Waals surface area contributed by atoms with E-state index in [0.717, 1.165) is 17.4 Å². The summed E-state index contributed by atoms with van der Waals surface area (Å²) in [4.78, 5) is 18.5. The molecule has 0 aliphatic carbocycles. The Hall–Kier alpha value is -1.76. The molecule has 0 amide bonds. The number of carbonyl (C=O) groups excluding carboxylic acids is 1. The van der Waals surface area contributed by atoms with Crippen molar-refractivity contribution in [2.24, 2.45) is 0 Å². The number of nitrogens with zero attached hydrogens (tertiary/aromatic N) is 2. The van der Waals surface area contributed by atoms with Gasteiger partial charge in [0, 0.05) is 18.8 Å². The second-order valence-corrected chi connectivity index (χ2v) is 4.97. The van der Waals surface area contributed by atoms with Crippen LogP contribution in [0.4, 0.5) is 13.2 Å². The SMILES string of the molecule is O=Cc1cnc(CCc2ccc(C(F)(F)F)nc2)s1. The third kappa shape index (κ3) is 3.60. The maximum atomic E-state index is 12.3. The molecular weight excluding hydrogens is 277 g/mol. The molecule has 2 aromatic rings. The molecule has 0 aliphatic heterocycles. The summed E-state index contributed by atoms with van der Waals surface area (Å²) < 4.78 is 36.9. The molecule has 0 atom stereocenters. The quantitative estimate of drug-likeness (QED) is 0.811. The van der Waals surface area contributed by atoms with E-state index in [4.69, 9.17) is 0 Å². The van der Waals surface area contributed by atoms with Crippen molar-refractivity contribution in [1.82, 2.24) is 9.97 Å². The minimum Gasteiger partial charge on any atom is -0.297 e. The van der Waals surface area contributed by atoms with E-state index >= 15 is 0 Å². The lowest BCUT2D eigenvalue weighted by molar-refractivity contribution is -0.141. The molecule has 0 N–H and O–H groups in total. The molecule has 0 bridgehead atoms. The molecule has 0 aliphatic rings. The number of hydrogen-bond donors (Lipinski definition) is 0. The van der Waals surface area contributed by atoms with E-state index in [1.807, 2.05) is 0 Å². The maximum Gasteiger partial charge on any atom is 0.433 e. The Morgan fingerprint density at radius 2 is 1.95 bits per heavy atom. The van der Waals surface area contributed by atoms with E-state index in [-0.39, 0.29) is 0 Å². The van der Waals surface area contributed by atoms with Crippen molar-refractivity contribution in [2.75, 3.05) is 0 Å². The van der Waals surface area contributed by atoms with Gasteiger partial charge in [-0.3, -0.25) is 9.78 Å². The van der Waals surface area contributed by atoms with Crippen molar-refractivity contribution in [3.63, 3.8) is 0 Å². The van der Waals surface area contributed by atoms with Gasteiger partial charge >= 0.3 is 6.18 Å². The zero-order valence-corrected chi connectivity index (χ0v) is 10.5. The largest absolute Gasteiger partial charge is 0.433 e. The van der Waals surface area contributed by atoms with Crippen LogP contribution in [-0.4, -0.2) is 16.3 Å². The van der Waals surface area contributed by atoms with Crippen LogP contribution in [0.2, 0.25) is 0 Å². The van der Waals surface area contributed by atoms with Crippen molar-refractivity contribution in [3.8, 4) is 0 Å². The lowest BCUT2D eigenvalue weighted by Gasteiger charge is -2.05. The predicted octanol–water partition coefficient (Wildman–Crippen LogP) is 3.15. The van der Waals surface area contributed by atoms with Crippen molar-refractivity contribution < 1.29 is 18.0 Å². The molecule has 0 saturated carbocycles. The van der Waals surface area contributed by atoms with E-state index in [1.165, 1.54) is 29.8 Å². The molecule has 7 heteroatoms. The van der Waals surface area contributed by atoms with Gasteiger partial charge in [0.15, 0.2) is 6.29 Å². The van der Waals surface area contributed by atoms with Crippen molar-refractivity contribution >= 4 is 17.6 Å². The molecule has 0 radical (unpaired) electrons. The van der Waals surface area contributed by atoms with E-state index in [1.54, 1.807) is 0 Å². The molecule has 0 saturated heterocycles. The third-order valence-electron chi connectivity index (χ3n) is 2.43. The van der Waals surface area contributed by atoms with Gasteiger partial charge in [0.2, 0.25) is 0 Å². The number of rotatable bonds is 4. The van der Waals surface area contributed by atoms with Gasteiger partial charge in [0.25, 0.3) is 0 Å². The molecule has 0 aromatic carbocycles. The van der Waals surface area contributed by atoms with Crippen molar-refractivity contribution in [1.29, 1.82) is 0 Å². The normalized spacial score (nSPS) is 11.5. The van der Waals surface area contributed by atoms with Gasteiger partial charge < -0.3 is 0 Å². The standard InChI is InChI=1S/C12H9F3N2OS/c13-12(14,15)10-3-1-8(5-16-10)2-4-11-17-6-9(7-18)19-11/h1,3,5-7H,2,4H2. The third-order valence-corrected chi connectivity index (χ3v) is 3.41. The molecule has 100 valence electrons. The molecule has 2 rings (SSSR count). The molecule has 2 aromatic heterocycles. The van der Waals surface area contributed by atoms with Crippen LogP contribution >= 0.6 is 11.3 Å². The molecule has 19 heavy (non-hydrogen) atoms. The lowest BCUT2D eigenvalue weighted by Crippen LogP contribution is -2.07. The van der Waals surface area contributed by atoms with Gasteiger partial charge in [-0.1, -0.05) is 6.07 Å². The zero-order valence-electron chi connectivity index (χ0n) is 9.65. The second kappa shape index (κ2) is 5.48. The van der Waals surface area contributed by atoms with Gasteiger partial charge in [-0.05, 0) is 18.1 Å². The van der Waals surface area contributed by atoms with Crippen molar-refractivity contribution in [2.45, 2.75) is 19.0 Å². The molecule has 0 spiro atoms. The first-order valence-corrected chi connectivity index (χ1v) is 6.22. The second-order valence-electron chi connectivity index (χ2n) is 3.82. The number of aryl methyl sites for hydroxylation is 2. The van der Waals surface area contributed by atoms with Crippen LogP contribution in [-0.2, 0) is 19.0 Å². The van der Waals surface area contributed by atoms with Crippen LogP contribution in [0.15, 0.2) is 24.5 Å². The summed E-state index contributed by atoms with van der Waals surface area (Å²) in [7, 11) is 0. The Balaban J connectivity index is 1.98. The summed E-state index contributed by atoms with van der Waals surface area (Å²) in [5, 5.41) is 0.780. The molecule has 0 fully saturated rings. The topological polar surface area (TPSA) is 42.9 Å². The van der Waals surface area contributed by atoms with Crippen LogP contribution in [0.5, 0.6) is 0 Å². The highest BCUT2D eigenvalue weighted by Gasteiger charge is 2.31. The van der Waals surface area contributed by atoms with Crippen LogP contribution in [0, 0.1) is 0 Å². The van der Waals surface area contributed by atoms with E-state index in [0.29, 0.717) is 23.3 Å². The molecular formula is C12H9F3N2OS. The van der Waals surface area contributed by atoms with E-state index in [2.05, 4.69) is 9.97 Å². The average Bonchev–Trinajstić information content (AvgIpc) is 2.84. The number of aromatic nitrogens is 2. The fraction of sp³-hybridized carbons (Fsp3) is 0.250. The van der Waals surface area contributed by atoms with E-state index < -0.39 is 11.9 Å². The highest BCUT2D eigenvalue weighted by atomic mass is 32.1. The number of alkyl halides is 3. The van der Waals surface area contributed by atoms with Gasteiger partial charge in [-0.2, -0.15) is 13.2 Å². The summed E-state index contributed by atoms with van der Waals surface area (Å²) >= 11 is 1.28. The first-order chi connectivity index (χ1) is 8.99. The summed E-state index contributed by atoms with van der Waals surface area (Å²) in [6, 6.07) is 2.37. The van der Waals surface area contributed by atoms with Crippen LogP contribution < -0.4 is 0 Å². The summed E-state index contributed by atoms with van der Waals surface area (Å²) in [6.45, 7) is 0. The Morgan fingerprint density at radius 3 is 2.47 bits per heavy atom. The van der Waals surface area contributed by atoms with E-state index in [9.17, 15) is 18.0 Å². The van der Waals surface area contributed by atoms with Gasteiger partial charge in [-0.25, -0.2) is 4.98 Å². The summed E-state index contributed by atoms with van der Waals surface area (Å²) in [6.07, 6.45) is 0.130. The minimum atomic E-state index is -4.41. The number of pyridine rings is 1. The number of halogens is 3. The highest BCUT2D eigenvalue weighted by Crippen LogP contribution is 2.27. The number of hydrogen-bond acceptors (Lipinski definition) is 4. The molecule has 0 unspecified atom stereocenters. The smallest absolute Gasteiger partial charge is 0.297 e. The number of aldehydes is 1. The van der Waals surface area contributed by atoms with Gasteiger partial charge in [0.05, 0.1) is 9.88 Å². The van der Waals surface area contributed by atoms with Crippen molar-refractivity contribution in [3.05, 3.63) is 45.7 Å². The first kappa shape index (κ1) is 13.7. The highest BCUT2D eigenvalue weighted by molar-refractivity contribution is 7.13. The maximum absolute atomic E-state index is 12.3. The molecule has 2 heterocycles. The minimum absolute atomic E-state index is 0.539. The van der Waals surface area contributed by atoms with Gasteiger partial charge in [-0.15, -0.1) is 11.3 Å². The Labute approximate surface area is 111 Å². The Kier molecular flexibility index (Phi) is 3.94. The predicted molar refractivity (Wildman–Crippen MR) is 64.1 cm³/mol. The Morgan fingerprint density at radius 1 is 1.16 bits per heavy atom. The fourth-order valence-electron chi connectivity index (χ4n) is 1.49. The summed E-state index contributed by atoms with van der Waals surface area (Å²) in [5.41, 5.74) is -0.190. The Bertz CT molecular complexity index is 563. The number of thiazole rings is 1. The fourth-order valence-corrected chi connectivity index (χ4v) is 2.22. The van der Waals surface area contributed by atoms with Crippen LogP contribution in [0.25, 0.3) is 0 Å². The average molecular weight is 286 g/mol. The van der Waals surface area contributed by atoms with Crippen LogP contribution in [0.3, 0.4) is 0 Å². The summed E-state index contributed by atoms with van der Waals surface area (Å²) in [5.74, 6) is 0. The monoisotopic (exact) mass is 286 g/mol. The lowest BCUT2D eigenvalue weighted by atomic mass is 10.1.